The molecule has 4 rings (SSSR count). The fraction of sp³-hybridized carbons (Fsp3) is 0.350. The number of methoxy groups -OCH3 is 2. The molecule has 2 aliphatic rings. The molecule has 0 aliphatic carbocycles. The molecule has 0 bridgehead atoms. The van der Waals surface area contributed by atoms with E-state index in [1.54, 1.807) is 36.4 Å². The van der Waals surface area contributed by atoms with Gasteiger partial charge < -0.3 is 24.3 Å². The molecule has 2 aromatic carbocycles. The lowest BCUT2D eigenvalue weighted by atomic mass is 9.99. The van der Waals surface area contributed by atoms with Crippen molar-refractivity contribution < 1.29 is 32.2 Å². The van der Waals surface area contributed by atoms with Gasteiger partial charge in [-0.15, -0.1) is 0 Å². The summed E-state index contributed by atoms with van der Waals surface area (Å²) in [5, 5.41) is 2.77. The van der Waals surface area contributed by atoms with Gasteiger partial charge in [-0.3, -0.25) is 4.79 Å². The number of carbonyl (C=O) groups is 1. The van der Waals surface area contributed by atoms with Gasteiger partial charge in [-0.2, -0.15) is 17.4 Å². The van der Waals surface area contributed by atoms with Crippen LogP contribution in [-0.4, -0.2) is 52.7 Å². The van der Waals surface area contributed by atoms with E-state index in [-0.39, 0.29) is 13.2 Å². The third kappa shape index (κ3) is 4.11. The fourth-order valence-corrected chi connectivity index (χ4v) is 4.87. The molecule has 0 spiro atoms. The molecule has 10 nitrogen and oxygen atoms in total. The summed E-state index contributed by atoms with van der Waals surface area (Å²) < 4.78 is 50.2. The van der Waals surface area contributed by atoms with Crippen molar-refractivity contribution in [2.75, 3.05) is 33.4 Å². The highest BCUT2D eigenvalue weighted by Gasteiger charge is 2.41. The van der Waals surface area contributed by atoms with Gasteiger partial charge in [0.25, 0.3) is 10.2 Å². The van der Waals surface area contributed by atoms with E-state index in [1.807, 2.05) is 0 Å². The van der Waals surface area contributed by atoms with Crippen LogP contribution >= 0.6 is 0 Å². The van der Waals surface area contributed by atoms with E-state index < -0.39 is 28.2 Å². The molecule has 31 heavy (non-hydrogen) atoms. The number of hydrogen-bond acceptors (Lipinski definition) is 7. The van der Waals surface area contributed by atoms with Gasteiger partial charge in [0.15, 0.2) is 23.0 Å². The highest BCUT2D eigenvalue weighted by Crippen LogP contribution is 2.37. The predicted molar refractivity (Wildman–Crippen MR) is 112 cm³/mol. The molecule has 2 atom stereocenters. The number of hydrogen-bond donors (Lipinski definition) is 2. The second-order valence-electron chi connectivity index (χ2n) is 7.11. The number of carbonyl (C=O) groups excluding carboxylic acids is 1. The van der Waals surface area contributed by atoms with Crippen molar-refractivity contribution in [2.45, 2.75) is 18.5 Å². The molecular weight excluding hydrogens is 426 g/mol. The summed E-state index contributed by atoms with van der Waals surface area (Å²) in [6, 6.07) is 8.62. The maximum absolute atomic E-state index is 13.0. The van der Waals surface area contributed by atoms with Crippen LogP contribution in [0.25, 0.3) is 0 Å². The van der Waals surface area contributed by atoms with Crippen molar-refractivity contribution in [1.82, 2.24) is 9.03 Å². The molecular formula is C20H23N3O7S. The molecule has 166 valence electrons. The molecule has 11 heteroatoms. The predicted octanol–water partition coefficient (Wildman–Crippen LogP) is 1.65. The van der Waals surface area contributed by atoms with Crippen molar-refractivity contribution in [3.63, 3.8) is 0 Å². The Kier molecular flexibility index (Phi) is 5.65. The Hall–Kier alpha value is -3.02. The quantitative estimate of drug-likeness (QED) is 0.713. The molecule has 1 saturated heterocycles. The summed E-state index contributed by atoms with van der Waals surface area (Å²) >= 11 is 0. The Labute approximate surface area is 180 Å². The number of benzene rings is 2. The number of nitrogens with one attached hydrogen (secondary N) is 2. The van der Waals surface area contributed by atoms with Crippen molar-refractivity contribution in [3.8, 4) is 23.0 Å². The van der Waals surface area contributed by atoms with Crippen LogP contribution in [0.15, 0.2) is 36.4 Å². The Morgan fingerprint density at radius 1 is 1.10 bits per heavy atom. The van der Waals surface area contributed by atoms with E-state index in [0.29, 0.717) is 34.2 Å². The van der Waals surface area contributed by atoms with Crippen molar-refractivity contribution >= 4 is 21.8 Å². The van der Waals surface area contributed by atoms with Crippen LogP contribution in [0.5, 0.6) is 23.0 Å². The number of likely N-dealkylation sites (N-methyl/N-ethyl adjacent to an activating group) is 1. The maximum atomic E-state index is 13.0. The molecule has 2 aromatic rings. The number of nitrogens with zero attached hydrogens (tertiary/aromatic N) is 1. The SMILES string of the molecule is COc1ccc(NC(=O)C2CC(c3ccc4c(c3)OCO4)NS(=O)(=O)N2C)cc1OC. The van der Waals surface area contributed by atoms with Gasteiger partial charge in [0.2, 0.25) is 12.7 Å². The molecule has 0 aromatic heterocycles. The molecule has 2 heterocycles. The van der Waals surface area contributed by atoms with E-state index in [1.165, 1.54) is 21.3 Å². The monoisotopic (exact) mass is 449 g/mol. The maximum Gasteiger partial charge on any atom is 0.280 e. The zero-order chi connectivity index (χ0) is 22.2. The zero-order valence-corrected chi connectivity index (χ0v) is 18.1. The molecule has 2 aliphatic heterocycles. The average molecular weight is 449 g/mol. The first-order valence-electron chi connectivity index (χ1n) is 9.50. The van der Waals surface area contributed by atoms with E-state index in [2.05, 4.69) is 10.0 Å². The number of amides is 1. The Morgan fingerprint density at radius 3 is 2.58 bits per heavy atom. The zero-order valence-electron chi connectivity index (χ0n) is 17.2. The van der Waals surface area contributed by atoms with Crippen molar-refractivity contribution in [3.05, 3.63) is 42.0 Å². The van der Waals surface area contributed by atoms with Gasteiger partial charge in [0.05, 0.1) is 20.3 Å². The highest BCUT2D eigenvalue weighted by atomic mass is 32.2. The summed E-state index contributed by atoms with van der Waals surface area (Å²) in [5.74, 6) is 1.66. The minimum atomic E-state index is -3.88. The second kappa shape index (κ2) is 8.25. The summed E-state index contributed by atoms with van der Waals surface area (Å²) in [5.41, 5.74) is 1.15. The lowest BCUT2D eigenvalue weighted by molar-refractivity contribution is -0.120. The first-order chi connectivity index (χ1) is 14.8. The average Bonchev–Trinajstić information content (AvgIpc) is 3.23. The normalized spacial score (nSPS) is 22.0. The van der Waals surface area contributed by atoms with Gasteiger partial charge >= 0.3 is 0 Å². The lowest BCUT2D eigenvalue weighted by Gasteiger charge is -2.36. The molecule has 2 N–H and O–H groups in total. The van der Waals surface area contributed by atoms with E-state index in [0.717, 1.165) is 4.31 Å². The van der Waals surface area contributed by atoms with Crippen LogP contribution < -0.4 is 29.0 Å². The Morgan fingerprint density at radius 2 is 1.84 bits per heavy atom. The van der Waals surface area contributed by atoms with Gasteiger partial charge in [-0.25, -0.2) is 0 Å². The van der Waals surface area contributed by atoms with Gasteiger partial charge in [-0.1, -0.05) is 6.07 Å². The van der Waals surface area contributed by atoms with Crippen LogP contribution in [0, 0.1) is 0 Å². The second-order valence-corrected chi connectivity index (χ2v) is 8.88. The topological polar surface area (TPSA) is 115 Å². The first kappa shape index (κ1) is 21.2. The molecule has 0 saturated carbocycles. The molecule has 1 fully saturated rings. The highest BCUT2D eigenvalue weighted by molar-refractivity contribution is 7.87. The summed E-state index contributed by atoms with van der Waals surface area (Å²) in [7, 11) is 0.503. The van der Waals surface area contributed by atoms with E-state index in [9.17, 15) is 13.2 Å². The van der Waals surface area contributed by atoms with Crippen LogP contribution in [-0.2, 0) is 15.0 Å². The number of ether oxygens (including phenoxy) is 4. The number of rotatable bonds is 5. The smallest absolute Gasteiger partial charge is 0.280 e. The molecule has 0 radical (unpaired) electrons. The van der Waals surface area contributed by atoms with Gasteiger partial charge in [-0.05, 0) is 36.2 Å². The number of anilines is 1. The first-order valence-corrected chi connectivity index (χ1v) is 10.9. The summed E-state index contributed by atoms with van der Waals surface area (Å²) in [6.45, 7) is 0.119. The number of fused-ring (bicyclic) bond motifs is 1. The standard InChI is InChI=1S/C20H23N3O7S/c1-23-15(20(24)21-13-5-7-16(27-2)18(9-13)28-3)10-14(22-31(23,25)26)12-4-6-17-19(8-12)30-11-29-17/h4-9,14-15,22H,10-11H2,1-3H3,(H,21,24). The fourth-order valence-electron chi connectivity index (χ4n) is 3.60. The summed E-state index contributed by atoms with van der Waals surface area (Å²) in [6.07, 6.45) is 0.231. The summed E-state index contributed by atoms with van der Waals surface area (Å²) in [4.78, 5) is 13.0. The minimum Gasteiger partial charge on any atom is -0.493 e. The molecule has 1 amide bonds. The van der Waals surface area contributed by atoms with Gasteiger partial charge in [0, 0.05) is 18.8 Å². The lowest BCUT2D eigenvalue weighted by Crippen LogP contribution is -2.55. The van der Waals surface area contributed by atoms with E-state index in [4.69, 9.17) is 18.9 Å². The third-order valence-electron chi connectivity index (χ3n) is 5.32. The van der Waals surface area contributed by atoms with Crippen LogP contribution in [0.3, 0.4) is 0 Å². The Balaban J connectivity index is 1.57. The van der Waals surface area contributed by atoms with E-state index >= 15 is 0 Å². The minimum absolute atomic E-state index is 0.119. The van der Waals surface area contributed by atoms with Crippen molar-refractivity contribution in [1.29, 1.82) is 0 Å². The van der Waals surface area contributed by atoms with Crippen LogP contribution in [0.2, 0.25) is 0 Å². The Bertz CT molecular complexity index is 1110. The van der Waals surface area contributed by atoms with Crippen LogP contribution in [0.4, 0.5) is 5.69 Å². The third-order valence-corrected chi connectivity index (χ3v) is 6.92. The van der Waals surface area contributed by atoms with Gasteiger partial charge in [0.1, 0.15) is 6.04 Å². The molecule has 2 unspecified atom stereocenters. The van der Waals surface area contributed by atoms with Crippen LogP contribution in [0.1, 0.15) is 18.0 Å². The van der Waals surface area contributed by atoms with Crippen molar-refractivity contribution in [2.24, 2.45) is 0 Å². The largest absolute Gasteiger partial charge is 0.493 e.